The molecule has 1 aliphatic heterocycles. The number of hydrogen-bond donors (Lipinski definition) is 0. The first-order valence-electron chi connectivity index (χ1n) is 9.60. The molecule has 0 fully saturated rings. The topological polar surface area (TPSA) is 102 Å². The zero-order chi connectivity index (χ0) is 22.3. The maximum atomic E-state index is 13.4. The third kappa shape index (κ3) is 2.84. The summed E-state index contributed by atoms with van der Waals surface area (Å²) in [7, 11) is 2.30. The van der Waals surface area contributed by atoms with Crippen LogP contribution in [-0.4, -0.2) is 40.1 Å². The average Bonchev–Trinajstić information content (AvgIpc) is 3.27. The van der Waals surface area contributed by atoms with Crippen LogP contribution in [0.25, 0.3) is 5.69 Å². The first-order chi connectivity index (χ1) is 14.9. The fourth-order valence-corrected chi connectivity index (χ4v) is 4.19. The normalized spacial score (nSPS) is 16.5. The number of aromatic nitrogens is 3. The van der Waals surface area contributed by atoms with Gasteiger partial charge in [-0.1, -0.05) is 48.0 Å². The molecule has 0 radical (unpaired) electrons. The van der Waals surface area contributed by atoms with Crippen molar-refractivity contribution in [1.82, 2.24) is 13.9 Å². The molecule has 0 aliphatic carbocycles. The molecule has 0 unspecified atom stereocenters. The lowest BCUT2D eigenvalue weighted by atomic mass is 9.77. The maximum absolute atomic E-state index is 13.4. The second-order valence-electron chi connectivity index (χ2n) is 7.41. The number of aryl methyl sites for hydroxylation is 1. The van der Waals surface area contributed by atoms with Crippen molar-refractivity contribution in [3.63, 3.8) is 0 Å². The number of fused-ring (bicyclic) bond motifs is 1. The Kier molecular flexibility index (Phi) is 4.88. The summed E-state index contributed by atoms with van der Waals surface area (Å²) >= 11 is 0. The minimum Gasteiger partial charge on any atom is -0.468 e. The smallest absolute Gasteiger partial charge is 0.352 e. The van der Waals surface area contributed by atoms with E-state index in [2.05, 4.69) is 0 Å². The molecule has 2 aromatic carbocycles. The summed E-state index contributed by atoms with van der Waals surface area (Å²) in [6.45, 7) is 1.50. The van der Waals surface area contributed by atoms with Crippen molar-refractivity contribution in [2.45, 2.75) is 19.5 Å². The van der Waals surface area contributed by atoms with Crippen molar-refractivity contribution in [3.05, 3.63) is 86.7 Å². The van der Waals surface area contributed by atoms with Gasteiger partial charge in [0.2, 0.25) is 5.41 Å². The molecule has 2 heterocycles. The van der Waals surface area contributed by atoms with Crippen molar-refractivity contribution < 1.29 is 19.1 Å². The van der Waals surface area contributed by atoms with Crippen molar-refractivity contribution in [2.24, 2.45) is 5.41 Å². The van der Waals surface area contributed by atoms with Gasteiger partial charge in [-0.2, -0.15) is 0 Å². The molecule has 160 valence electrons. The van der Waals surface area contributed by atoms with E-state index in [9.17, 15) is 19.2 Å². The molecule has 0 saturated heterocycles. The molecular formula is C22H21N3O6. The van der Waals surface area contributed by atoms with Crippen LogP contribution in [0.5, 0.6) is 0 Å². The number of rotatable bonds is 4. The summed E-state index contributed by atoms with van der Waals surface area (Å²) in [5.41, 5.74) is -1.42. The molecule has 1 atom stereocenters. The second-order valence-corrected chi connectivity index (χ2v) is 7.41. The third-order valence-corrected chi connectivity index (χ3v) is 5.68. The van der Waals surface area contributed by atoms with E-state index in [-0.39, 0.29) is 0 Å². The zero-order valence-electron chi connectivity index (χ0n) is 17.3. The number of benzene rings is 2. The van der Waals surface area contributed by atoms with Crippen LogP contribution in [0.15, 0.2) is 64.2 Å². The lowest BCUT2D eigenvalue weighted by Crippen LogP contribution is -2.48. The molecule has 4 rings (SSSR count). The fourth-order valence-electron chi connectivity index (χ4n) is 4.19. The molecule has 9 nitrogen and oxygen atoms in total. The Morgan fingerprint density at radius 2 is 1.48 bits per heavy atom. The summed E-state index contributed by atoms with van der Waals surface area (Å²) in [6.07, 6.45) is 0. The first kappa shape index (κ1) is 20.4. The maximum Gasteiger partial charge on any atom is 0.352 e. The lowest BCUT2D eigenvalue weighted by Gasteiger charge is -2.29. The van der Waals surface area contributed by atoms with Crippen LogP contribution in [-0.2, 0) is 25.6 Å². The SMILES string of the molecule is COC(=O)C1(C(=O)OC)Cn2c(=O)n(-c3ccccc3)c(=O)n2[C@@H]1c1ccc(C)cc1. The molecule has 31 heavy (non-hydrogen) atoms. The number of hydrogen-bond acceptors (Lipinski definition) is 6. The van der Waals surface area contributed by atoms with Crippen LogP contribution in [0.1, 0.15) is 17.2 Å². The Morgan fingerprint density at radius 1 is 0.903 bits per heavy atom. The largest absolute Gasteiger partial charge is 0.468 e. The van der Waals surface area contributed by atoms with Gasteiger partial charge in [0.15, 0.2) is 0 Å². The minimum absolute atomic E-state index is 0.385. The standard InChI is InChI=1S/C22H21N3O6/c1-14-9-11-15(12-10-14)17-22(18(26)30-2,19(27)31-3)13-23-20(28)24(21(29)25(17)23)16-7-5-4-6-8-16/h4-12,17H,13H2,1-3H3/t17-/m1/s1. The zero-order valence-corrected chi connectivity index (χ0v) is 17.3. The highest BCUT2D eigenvalue weighted by atomic mass is 16.5. The van der Waals surface area contributed by atoms with Crippen LogP contribution in [0, 0.1) is 12.3 Å². The number of methoxy groups -OCH3 is 2. The van der Waals surface area contributed by atoms with E-state index < -0.39 is 41.3 Å². The average molecular weight is 423 g/mol. The monoisotopic (exact) mass is 423 g/mol. The van der Waals surface area contributed by atoms with E-state index in [1.54, 1.807) is 54.6 Å². The number of ether oxygens (including phenoxy) is 2. The molecule has 0 saturated carbocycles. The van der Waals surface area contributed by atoms with Gasteiger partial charge in [-0.25, -0.2) is 23.5 Å². The van der Waals surface area contributed by atoms with Crippen molar-refractivity contribution in [3.8, 4) is 5.69 Å². The van der Waals surface area contributed by atoms with Crippen LogP contribution in [0.3, 0.4) is 0 Å². The van der Waals surface area contributed by atoms with Gasteiger partial charge in [0, 0.05) is 0 Å². The Morgan fingerprint density at radius 3 is 2.03 bits per heavy atom. The van der Waals surface area contributed by atoms with E-state index in [4.69, 9.17) is 9.47 Å². The van der Waals surface area contributed by atoms with Crippen LogP contribution in [0.4, 0.5) is 0 Å². The number of nitrogens with zero attached hydrogens (tertiary/aromatic N) is 3. The second kappa shape index (κ2) is 7.42. The Hall–Kier alpha value is -3.88. The van der Waals surface area contributed by atoms with E-state index in [0.29, 0.717) is 11.3 Å². The fraction of sp³-hybridized carbons (Fsp3) is 0.273. The van der Waals surface area contributed by atoms with Crippen molar-refractivity contribution >= 4 is 11.9 Å². The number of carbonyl (C=O) groups excluding carboxylic acids is 2. The number of para-hydroxylation sites is 1. The quantitative estimate of drug-likeness (QED) is 0.459. The Bertz CT molecular complexity index is 1250. The highest BCUT2D eigenvalue weighted by Gasteiger charge is 2.62. The van der Waals surface area contributed by atoms with E-state index in [1.807, 2.05) is 6.92 Å². The molecule has 0 amide bonds. The van der Waals surface area contributed by atoms with Gasteiger partial charge in [0.1, 0.15) is 6.04 Å². The first-order valence-corrected chi connectivity index (χ1v) is 9.60. The predicted octanol–water partition coefficient (Wildman–Crippen LogP) is 1.04. The van der Waals surface area contributed by atoms with Gasteiger partial charge in [0.25, 0.3) is 0 Å². The Balaban J connectivity index is 2.05. The number of esters is 2. The van der Waals surface area contributed by atoms with E-state index in [1.165, 1.54) is 0 Å². The summed E-state index contributed by atoms with van der Waals surface area (Å²) in [4.78, 5) is 52.6. The molecule has 3 aromatic rings. The molecule has 1 aliphatic rings. The van der Waals surface area contributed by atoms with Crippen molar-refractivity contribution in [2.75, 3.05) is 14.2 Å². The van der Waals surface area contributed by atoms with Gasteiger partial charge in [-0.3, -0.25) is 9.59 Å². The van der Waals surface area contributed by atoms with Gasteiger partial charge < -0.3 is 9.47 Å². The van der Waals surface area contributed by atoms with Gasteiger partial charge in [-0.05, 0) is 24.6 Å². The van der Waals surface area contributed by atoms with Crippen LogP contribution < -0.4 is 11.4 Å². The lowest BCUT2D eigenvalue weighted by molar-refractivity contribution is -0.171. The highest BCUT2D eigenvalue weighted by Crippen LogP contribution is 2.44. The predicted molar refractivity (Wildman–Crippen MR) is 110 cm³/mol. The van der Waals surface area contributed by atoms with Crippen molar-refractivity contribution in [1.29, 1.82) is 0 Å². The molecule has 0 N–H and O–H groups in total. The molecular weight excluding hydrogens is 402 g/mol. The summed E-state index contributed by atoms with van der Waals surface area (Å²) < 4.78 is 13.2. The minimum atomic E-state index is -1.92. The van der Waals surface area contributed by atoms with E-state index in [0.717, 1.165) is 33.7 Å². The van der Waals surface area contributed by atoms with E-state index >= 15 is 0 Å². The molecule has 9 heteroatoms. The molecule has 0 spiro atoms. The molecule has 0 bridgehead atoms. The number of carbonyl (C=O) groups is 2. The van der Waals surface area contributed by atoms with Gasteiger partial charge in [0.05, 0.1) is 26.5 Å². The highest BCUT2D eigenvalue weighted by molar-refractivity contribution is 6.01. The summed E-state index contributed by atoms with van der Waals surface area (Å²) in [5.74, 6) is -1.77. The third-order valence-electron chi connectivity index (χ3n) is 5.68. The van der Waals surface area contributed by atoms with Crippen LogP contribution in [0.2, 0.25) is 0 Å². The summed E-state index contributed by atoms with van der Waals surface area (Å²) in [5, 5.41) is 0. The summed E-state index contributed by atoms with van der Waals surface area (Å²) in [6, 6.07) is 14.4. The van der Waals surface area contributed by atoms with Gasteiger partial charge >= 0.3 is 23.3 Å². The molecule has 1 aromatic heterocycles. The van der Waals surface area contributed by atoms with Gasteiger partial charge in [-0.15, -0.1) is 0 Å². The van der Waals surface area contributed by atoms with Crippen LogP contribution >= 0.6 is 0 Å². The Labute approximate surface area is 177 Å².